The number of hydrogen-bond donors (Lipinski definition) is 2. The standard InChI is InChI=1S/C17H22FN3O2/c18-15-4-2-1-3-14(15)17(23)21-9-6-13(7-10-21)20-16(22)12-5-8-19-11-12/h1-4,12-13,19H,5-11H2,(H,20,22). The van der Waals surface area contributed by atoms with Gasteiger partial charge in [0.2, 0.25) is 5.91 Å². The number of carbonyl (C=O) groups is 2. The average Bonchev–Trinajstić information content (AvgIpc) is 3.10. The zero-order valence-corrected chi connectivity index (χ0v) is 13.1. The molecule has 2 N–H and O–H groups in total. The molecule has 0 radical (unpaired) electrons. The normalized spacial score (nSPS) is 22.1. The highest BCUT2D eigenvalue weighted by molar-refractivity contribution is 5.94. The van der Waals surface area contributed by atoms with Gasteiger partial charge in [0, 0.05) is 25.7 Å². The second-order valence-corrected chi connectivity index (χ2v) is 6.24. The van der Waals surface area contributed by atoms with Gasteiger partial charge in [-0.15, -0.1) is 0 Å². The number of halogens is 1. The van der Waals surface area contributed by atoms with Crippen LogP contribution in [0, 0.1) is 11.7 Å². The first-order chi connectivity index (χ1) is 11.1. The van der Waals surface area contributed by atoms with Crippen LogP contribution in [0.15, 0.2) is 24.3 Å². The summed E-state index contributed by atoms with van der Waals surface area (Å²) in [7, 11) is 0. The van der Waals surface area contributed by atoms with Crippen molar-refractivity contribution in [3.8, 4) is 0 Å². The number of amides is 2. The van der Waals surface area contributed by atoms with E-state index in [2.05, 4.69) is 10.6 Å². The van der Waals surface area contributed by atoms with Crippen molar-refractivity contribution in [2.45, 2.75) is 25.3 Å². The van der Waals surface area contributed by atoms with E-state index in [9.17, 15) is 14.0 Å². The Morgan fingerprint density at radius 1 is 1.17 bits per heavy atom. The Balaban J connectivity index is 1.51. The fraction of sp³-hybridized carbons (Fsp3) is 0.529. The van der Waals surface area contributed by atoms with Crippen molar-refractivity contribution < 1.29 is 14.0 Å². The van der Waals surface area contributed by atoms with Crippen LogP contribution in [-0.4, -0.2) is 48.9 Å². The van der Waals surface area contributed by atoms with Crippen LogP contribution < -0.4 is 10.6 Å². The molecule has 0 bridgehead atoms. The SMILES string of the molecule is O=C(NC1CCN(C(=O)c2ccccc2F)CC1)C1CCNC1. The fourth-order valence-electron chi connectivity index (χ4n) is 3.23. The van der Waals surface area contributed by atoms with Crippen molar-refractivity contribution in [2.24, 2.45) is 5.92 Å². The highest BCUT2D eigenvalue weighted by atomic mass is 19.1. The van der Waals surface area contributed by atoms with E-state index in [-0.39, 0.29) is 29.3 Å². The van der Waals surface area contributed by atoms with Crippen molar-refractivity contribution in [2.75, 3.05) is 26.2 Å². The van der Waals surface area contributed by atoms with Gasteiger partial charge in [0.05, 0.1) is 11.5 Å². The van der Waals surface area contributed by atoms with Crippen LogP contribution in [0.5, 0.6) is 0 Å². The quantitative estimate of drug-likeness (QED) is 0.879. The number of piperidine rings is 1. The second-order valence-electron chi connectivity index (χ2n) is 6.24. The molecule has 1 unspecified atom stereocenters. The van der Waals surface area contributed by atoms with E-state index in [1.54, 1.807) is 17.0 Å². The van der Waals surface area contributed by atoms with Crippen LogP contribution in [0.4, 0.5) is 4.39 Å². The Kier molecular flexibility index (Phi) is 4.91. The van der Waals surface area contributed by atoms with Crippen LogP contribution >= 0.6 is 0 Å². The van der Waals surface area contributed by atoms with E-state index in [0.717, 1.165) is 19.5 Å². The van der Waals surface area contributed by atoms with Gasteiger partial charge < -0.3 is 15.5 Å². The lowest BCUT2D eigenvalue weighted by atomic mass is 10.0. The van der Waals surface area contributed by atoms with Gasteiger partial charge in [0.1, 0.15) is 5.82 Å². The van der Waals surface area contributed by atoms with Crippen molar-refractivity contribution in [3.63, 3.8) is 0 Å². The smallest absolute Gasteiger partial charge is 0.256 e. The molecule has 2 amide bonds. The number of nitrogens with one attached hydrogen (secondary N) is 2. The minimum absolute atomic E-state index is 0.0630. The van der Waals surface area contributed by atoms with Crippen molar-refractivity contribution in [1.82, 2.24) is 15.5 Å². The Bertz CT molecular complexity index is 579. The number of rotatable bonds is 3. The molecular weight excluding hydrogens is 297 g/mol. The van der Waals surface area contributed by atoms with Crippen LogP contribution in [0.3, 0.4) is 0 Å². The van der Waals surface area contributed by atoms with Crippen LogP contribution in [0.25, 0.3) is 0 Å². The number of likely N-dealkylation sites (tertiary alicyclic amines) is 1. The van der Waals surface area contributed by atoms with Gasteiger partial charge in [-0.05, 0) is 37.9 Å². The highest BCUT2D eigenvalue weighted by Crippen LogP contribution is 2.17. The third kappa shape index (κ3) is 3.69. The Hall–Kier alpha value is -1.95. The summed E-state index contributed by atoms with van der Waals surface area (Å²) in [5, 5.41) is 6.27. The van der Waals surface area contributed by atoms with Gasteiger partial charge in [-0.1, -0.05) is 12.1 Å². The lowest BCUT2D eigenvalue weighted by molar-refractivity contribution is -0.125. The molecule has 2 aliphatic rings. The molecule has 2 heterocycles. The molecule has 1 aromatic rings. The first kappa shape index (κ1) is 15.9. The van der Waals surface area contributed by atoms with Crippen molar-refractivity contribution >= 4 is 11.8 Å². The topological polar surface area (TPSA) is 61.4 Å². The van der Waals surface area contributed by atoms with Crippen LogP contribution in [0.2, 0.25) is 0 Å². The summed E-state index contributed by atoms with van der Waals surface area (Å²) in [6.45, 7) is 2.73. The van der Waals surface area contributed by atoms with E-state index < -0.39 is 5.82 Å². The third-order valence-electron chi connectivity index (χ3n) is 4.66. The maximum atomic E-state index is 13.7. The molecule has 0 aliphatic carbocycles. The molecule has 0 aromatic heterocycles. The number of benzene rings is 1. The Morgan fingerprint density at radius 2 is 1.91 bits per heavy atom. The first-order valence-electron chi connectivity index (χ1n) is 8.20. The summed E-state index contributed by atoms with van der Waals surface area (Å²) >= 11 is 0. The lowest BCUT2D eigenvalue weighted by Gasteiger charge is -2.33. The fourth-order valence-corrected chi connectivity index (χ4v) is 3.23. The molecular formula is C17H22FN3O2. The molecule has 124 valence electrons. The van der Waals surface area contributed by atoms with Gasteiger partial charge in [-0.3, -0.25) is 9.59 Å². The number of carbonyl (C=O) groups excluding carboxylic acids is 2. The molecule has 2 saturated heterocycles. The minimum Gasteiger partial charge on any atom is -0.353 e. The maximum absolute atomic E-state index is 13.7. The van der Waals surface area contributed by atoms with Gasteiger partial charge in [-0.2, -0.15) is 0 Å². The summed E-state index contributed by atoms with van der Waals surface area (Å²) in [4.78, 5) is 26.1. The number of nitrogens with zero attached hydrogens (tertiary/aromatic N) is 1. The maximum Gasteiger partial charge on any atom is 0.256 e. The third-order valence-corrected chi connectivity index (χ3v) is 4.66. The predicted molar refractivity (Wildman–Crippen MR) is 84.4 cm³/mol. The Labute approximate surface area is 135 Å². The van der Waals surface area contributed by atoms with E-state index in [0.29, 0.717) is 25.9 Å². The zero-order valence-electron chi connectivity index (χ0n) is 13.1. The van der Waals surface area contributed by atoms with Gasteiger partial charge in [-0.25, -0.2) is 4.39 Å². The monoisotopic (exact) mass is 319 g/mol. The molecule has 0 saturated carbocycles. The van der Waals surface area contributed by atoms with Gasteiger partial charge >= 0.3 is 0 Å². The summed E-state index contributed by atoms with van der Waals surface area (Å²) in [5.41, 5.74) is 0.118. The highest BCUT2D eigenvalue weighted by Gasteiger charge is 2.28. The average molecular weight is 319 g/mol. The van der Waals surface area contributed by atoms with E-state index in [1.165, 1.54) is 12.1 Å². The summed E-state index contributed by atoms with van der Waals surface area (Å²) < 4.78 is 13.7. The second kappa shape index (κ2) is 7.08. The van der Waals surface area contributed by atoms with Crippen LogP contribution in [0.1, 0.15) is 29.6 Å². The lowest BCUT2D eigenvalue weighted by Crippen LogP contribution is -2.48. The van der Waals surface area contributed by atoms with E-state index >= 15 is 0 Å². The van der Waals surface area contributed by atoms with Gasteiger partial charge in [0.15, 0.2) is 0 Å². The van der Waals surface area contributed by atoms with E-state index in [1.807, 2.05) is 0 Å². The predicted octanol–water partition coefficient (Wildman–Crippen LogP) is 1.16. The van der Waals surface area contributed by atoms with Crippen LogP contribution in [-0.2, 0) is 4.79 Å². The summed E-state index contributed by atoms with van der Waals surface area (Å²) in [6.07, 6.45) is 2.31. The molecule has 2 aliphatic heterocycles. The molecule has 1 aromatic carbocycles. The van der Waals surface area contributed by atoms with Crippen molar-refractivity contribution in [1.29, 1.82) is 0 Å². The van der Waals surface area contributed by atoms with E-state index in [4.69, 9.17) is 0 Å². The summed E-state index contributed by atoms with van der Waals surface area (Å²) in [6, 6.07) is 6.16. The zero-order chi connectivity index (χ0) is 16.2. The molecule has 1 atom stereocenters. The first-order valence-corrected chi connectivity index (χ1v) is 8.20. The number of hydrogen-bond acceptors (Lipinski definition) is 3. The molecule has 3 rings (SSSR count). The molecule has 6 heteroatoms. The molecule has 2 fully saturated rings. The molecule has 5 nitrogen and oxygen atoms in total. The largest absolute Gasteiger partial charge is 0.353 e. The molecule has 0 spiro atoms. The minimum atomic E-state index is -0.485. The van der Waals surface area contributed by atoms with Crippen molar-refractivity contribution in [3.05, 3.63) is 35.6 Å². The summed E-state index contributed by atoms with van der Waals surface area (Å²) in [5.74, 6) is -0.587. The Morgan fingerprint density at radius 3 is 2.57 bits per heavy atom. The van der Waals surface area contributed by atoms with Gasteiger partial charge in [0.25, 0.3) is 5.91 Å². The molecule has 23 heavy (non-hydrogen) atoms.